The Morgan fingerprint density at radius 2 is 2.09 bits per heavy atom. The summed E-state index contributed by atoms with van der Waals surface area (Å²) in [6.45, 7) is 1.54. The van der Waals surface area contributed by atoms with Crippen molar-refractivity contribution in [3.63, 3.8) is 0 Å². The third kappa shape index (κ3) is 2.75. The summed E-state index contributed by atoms with van der Waals surface area (Å²) < 4.78 is 4.70. The first kappa shape index (κ1) is 10.8. The van der Waals surface area contributed by atoms with E-state index in [0.717, 1.165) is 0 Å². The van der Waals surface area contributed by atoms with Gasteiger partial charge in [0.15, 0.2) is 5.79 Å². The summed E-state index contributed by atoms with van der Waals surface area (Å²) in [6, 6.07) is 0. The average Bonchev–Trinajstić information content (AvgIpc) is 2.03. The number of hydrogen-bond donors (Lipinski definition) is 3. The Morgan fingerprint density at radius 1 is 1.55 bits per heavy atom. The Kier molecular flexibility index (Phi) is 4.60. The highest BCUT2D eigenvalue weighted by Crippen LogP contribution is 2.17. The van der Waals surface area contributed by atoms with E-state index in [4.69, 9.17) is 9.84 Å². The summed E-state index contributed by atoms with van der Waals surface area (Å²) in [5, 5.41) is 27.1. The Balaban J connectivity index is 4.00. The lowest BCUT2D eigenvalue weighted by Crippen LogP contribution is -2.43. The van der Waals surface area contributed by atoms with E-state index in [9.17, 15) is 10.2 Å². The molecule has 0 aromatic heterocycles. The van der Waals surface area contributed by atoms with Gasteiger partial charge in [0.1, 0.15) is 6.10 Å². The first-order chi connectivity index (χ1) is 5.10. The molecule has 0 aromatic carbocycles. The molecule has 0 rings (SSSR count). The number of aliphatic hydroxyl groups excluding tert-OH is 2. The van der Waals surface area contributed by atoms with Crippen LogP contribution in [0.3, 0.4) is 0 Å². The minimum Gasteiger partial charge on any atom is -0.396 e. The fraction of sp³-hybridized carbons (Fsp3) is 1.00. The van der Waals surface area contributed by atoms with Gasteiger partial charge in [-0.05, 0) is 0 Å². The monoisotopic (exact) mass is 164 g/mol. The Morgan fingerprint density at radius 3 is 2.36 bits per heavy atom. The van der Waals surface area contributed by atoms with Gasteiger partial charge in [0, 0.05) is 26.6 Å². The zero-order valence-electron chi connectivity index (χ0n) is 6.95. The summed E-state index contributed by atoms with van der Waals surface area (Å²) in [6.07, 6.45) is -0.606. The highest BCUT2D eigenvalue weighted by molar-refractivity contribution is 4.74. The van der Waals surface area contributed by atoms with E-state index in [1.54, 1.807) is 6.92 Å². The molecule has 0 saturated heterocycles. The number of ether oxygens (including phenoxy) is 1. The largest absolute Gasteiger partial charge is 0.396 e. The molecule has 0 bridgehead atoms. The van der Waals surface area contributed by atoms with Gasteiger partial charge in [-0.1, -0.05) is 6.92 Å². The predicted molar refractivity (Wildman–Crippen MR) is 40.0 cm³/mol. The molecule has 0 saturated carbocycles. The number of rotatable bonds is 5. The lowest BCUT2D eigenvalue weighted by Gasteiger charge is -2.29. The van der Waals surface area contributed by atoms with Crippen molar-refractivity contribution >= 4 is 0 Å². The zero-order valence-corrected chi connectivity index (χ0v) is 6.95. The first-order valence-corrected chi connectivity index (χ1v) is 3.67. The maximum absolute atomic E-state index is 9.45. The van der Waals surface area contributed by atoms with Crippen LogP contribution in [0.2, 0.25) is 0 Å². The molecule has 0 aliphatic carbocycles. The van der Waals surface area contributed by atoms with Gasteiger partial charge in [-0.15, -0.1) is 0 Å². The molecule has 0 amide bonds. The van der Waals surface area contributed by atoms with Crippen molar-refractivity contribution in [3.8, 4) is 0 Å². The van der Waals surface area contributed by atoms with Crippen LogP contribution < -0.4 is 0 Å². The first-order valence-electron chi connectivity index (χ1n) is 3.67. The molecule has 0 aromatic rings. The third-order valence-electron chi connectivity index (χ3n) is 1.78. The SMILES string of the molecule is CCC(O)(OC)C(O)CCO. The van der Waals surface area contributed by atoms with E-state index in [2.05, 4.69) is 0 Å². The van der Waals surface area contributed by atoms with Crippen molar-refractivity contribution in [2.24, 2.45) is 0 Å². The van der Waals surface area contributed by atoms with Crippen molar-refractivity contribution < 1.29 is 20.1 Å². The van der Waals surface area contributed by atoms with E-state index in [-0.39, 0.29) is 13.0 Å². The van der Waals surface area contributed by atoms with Crippen LogP contribution in [0.15, 0.2) is 0 Å². The quantitative estimate of drug-likeness (QED) is 0.478. The van der Waals surface area contributed by atoms with Gasteiger partial charge in [-0.2, -0.15) is 0 Å². The second-order valence-electron chi connectivity index (χ2n) is 2.43. The maximum atomic E-state index is 9.45. The molecule has 0 fully saturated rings. The minimum atomic E-state index is -1.51. The molecule has 0 aliphatic heterocycles. The fourth-order valence-electron chi connectivity index (χ4n) is 0.864. The van der Waals surface area contributed by atoms with E-state index in [1.165, 1.54) is 7.11 Å². The lowest BCUT2D eigenvalue weighted by molar-refractivity contribution is -0.246. The van der Waals surface area contributed by atoms with Gasteiger partial charge >= 0.3 is 0 Å². The predicted octanol–water partition coefficient (Wildman–Crippen LogP) is -0.525. The Labute approximate surface area is 66.4 Å². The van der Waals surface area contributed by atoms with E-state index < -0.39 is 11.9 Å². The zero-order chi connectivity index (χ0) is 8.91. The lowest BCUT2D eigenvalue weighted by atomic mass is 10.0. The standard InChI is InChI=1S/C7H16O4/c1-3-7(10,11-2)6(9)4-5-8/h6,8-10H,3-5H2,1-2H3. The minimum absolute atomic E-state index is 0.123. The molecule has 3 N–H and O–H groups in total. The van der Waals surface area contributed by atoms with E-state index in [0.29, 0.717) is 6.42 Å². The molecular weight excluding hydrogens is 148 g/mol. The molecular formula is C7H16O4. The molecule has 0 spiro atoms. The molecule has 4 heteroatoms. The second kappa shape index (κ2) is 4.66. The van der Waals surface area contributed by atoms with Crippen molar-refractivity contribution in [1.82, 2.24) is 0 Å². The summed E-state index contributed by atoms with van der Waals surface area (Å²) in [5.74, 6) is -1.51. The smallest absolute Gasteiger partial charge is 0.191 e. The van der Waals surface area contributed by atoms with Crippen LogP contribution >= 0.6 is 0 Å². The van der Waals surface area contributed by atoms with Crippen molar-refractivity contribution in [2.75, 3.05) is 13.7 Å². The van der Waals surface area contributed by atoms with Crippen LogP contribution in [-0.4, -0.2) is 40.9 Å². The highest BCUT2D eigenvalue weighted by atomic mass is 16.6. The molecule has 2 unspecified atom stereocenters. The molecule has 2 atom stereocenters. The number of hydrogen-bond acceptors (Lipinski definition) is 4. The normalized spacial score (nSPS) is 19.4. The van der Waals surface area contributed by atoms with Crippen molar-refractivity contribution in [3.05, 3.63) is 0 Å². The van der Waals surface area contributed by atoms with Gasteiger partial charge in [-0.3, -0.25) is 0 Å². The van der Waals surface area contributed by atoms with E-state index in [1.807, 2.05) is 0 Å². The van der Waals surface area contributed by atoms with Gasteiger partial charge in [0.05, 0.1) is 0 Å². The molecule has 0 radical (unpaired) electrons. The van der Waals surface area contributed by atoms with Crippen molar-refractivity contribution in [2.45, 2.75) is 31.7 Å². The van der Waals surface area contributed by atoms with Crippen LogP contribution in [-0.2, 0) is 4.74 Å². The average molecular weight is 164 g/mol. The molecule has 4 nitrogen and oxygen atoms in total. The topological polar surface area (TPSA) is 69.9 Å². The van der Waals surface area contributed by atoms with Crippen LogP contribution in [0.25, 0.3) is 0 Å². The number of methoxy groups -OCH3 is 1. The van der Waals surface area contributed by atoms with Crippen LogP contribution in [0.5, 0.6) is 0 Å². The van der Waals surface area contributed by atoms with Crippen LogP contribution in [0.1, 0.15) is 19.8 Å². The Bertz CT molecular complexity index is 101. The summed E-state index contributed by atoms with van der Waals surface area (Å²) in [7, 11) is 1.32. The maximum Gasteiger partial charge on any atom is 0.191 e. The van der Waals surface area contributed by atoms with Gasteiger partial charge in [0.2, 0.25) is 0 Å². The van der Waals surface area contributed by atoms with Crippen LogP contribution in [0, 0.1) is 0 Å². The second-order valence-corrected chi connectivity index (χ2v) is 2.43. The van der Waals surface area contributed by atoms with Gasteiger partial charge in [-0.25, -0.2) is 0 Å². The molecule has 68 valence electrons. The van der Waals surface area contributed by atoms with Crippen LogP contribution in [0.4, 0.5) is 0 Å². The third-order valence-corrected chi connectivity index (χ3v) is 1.78. The van der Waals surface area contributed by atoms with Crippen molar-refractivity contribution in [1.29, 1.82) is 0 Å². The fourth-order valence-corrected chi connectivity index (χ4v) is 0.864. The van der Waals surface area contributed by atoms with Gasteiger partial charge in [0.25, 0.3) is 0 Å². The summed E-state index contributed by atoms with van der Waals surface area (Å²) in [5.41, 5.74) is 0. The molecule has 11 heavy (non-hydrogen) atoms. The summed E-state index contributed by atoms with van der Waals surface area (Å²) >= 11 is 0. The van der Waals surface area contributed by atoms with Gasteiger partial charge < -0.3 is 20.1 Å². The van der Waals surface area contributed by atoms with E-state index >= 15 is 0 Å². The molecule has 0 heterocycles. The highest BCUT2D eigenvalue weighted by Gasteiger charge is 2.32. The Hall–Kier alpha value is -0.160. The molecule has 0 aliphatic rings. The number of aliphatic hydroxyl groups is 3. The summed E-state index contributed by atoms with van der Waals surface area (Å²) in [4.78, 5) is 0.